The van der Waals surface area contributed by atoms with Crippen molar-refractivity contribution in [2.24, 2.45) is 5.41 Å². The smallest absolute Gasteiger partial charge is 0.238 e. The molecule has 0 atom stereocenters. The van der Waals surface area contributed by atoms with Crippen LogP contribution in [0.25, 0.3) is 0 Å². The maximum atomic E-state index is 11.7. The highest BCUT2D eigenvalue weighted by Gasteiger charge is 2.32. The van der Waals surface area contributed by atoms with E-state index in [0.29, 0.717) is 17.3 Å². The molecule has 4 nitrogen and oxygen atoms in total. The van der Waals surface area contributed by atoms with Crippen LogP contribution in [0.3, 0.4) is 0 Å². The van der Waals surface area contributed by atoms with Crippen LogP contribution >= 0.6 is 11.6 Å². The number of carbonyl (C=O) groups excluding carboxylic acids is 1. The van der Waals surface area contributed by atoms with E-state index in [0.717, 1.165) is 19.8 Å². The summed E-state index contributed by atoms with van der Waals surface area (Å²) in [4.78, 5) is 11.7. The molecule has 1 heterocycles. The van der Waals surface area contributed by atoms with E-state index < -0.39 is 0 Å². The Balaban J connectivity index is 1.72. The van der Waals surface area contributed by atoms with Crippen LogP contribution in [0.4, 0.5) is 5.69 Å². The van der Waals surface area contributed by atoms with Crippen molar-refractivity contribution < 1.29 is 9.53 Å². The standard InChI is InChI=1S/C13H17ClN2O2/c1-13(8-18-9-13)7-15-6-12(17)16-11-4-2-3-10(14)5-11/h2-5,15H,6-9H2,1H3,(H,16,17). The minimum atomic E-state index is -0.0684. The van der Waals surface area contributed by atoms with Gasteiger partial charge >= 0.3 is 0 Å². The Bertz CT molecular complexity index is 433. The van der Waals surface area contributed by atoms with Gasteiger partial charge in [0.1, 0.15) is 0 Å². The SMILES string of the molecule is CC1(CNCC(=O)Nc2cccc(Cl)c2)COC1. The normalized spacial score (nSPS) is 17.0. The summed E-state index contributed by atoms with van der Waals surface area (Å²) in [5, 5.41) is 6.54. The molecule has 5 heteroatoms. The first-order valence-corrected chi connectivity index (χ1v) is 6.29. The highest BCUT2D eigenvalue weighted by molar-refractivity contribution is 6.30. The highest BCUT2D eigenvalue weighted by atomic mass is 35.5. The Morgan fingerprint density at radius 3 is 2.89 bits per heavy atom. The number of halogens is 1. The molecule has 18 heavy (non-hydrogen) atoms. The number of hydrogen-bond acceptors (Lipinski definition) is 3. The summed E-state index contributed by atoms with van der Waals surface area (Å²) >= 11 is 5.84. The number of rotatable bonds is 5. The number of nitrogens with one attached hydrogen (secondary N) is 2. The zero-order valence-corrected chi connectivity index (χ0v) is 11.1. The van der Waals surface area contributed by atoms with Crippen molar-refractivity contribution in [1.82, 2.24) is 5.32 Å². The molecule has 1 aromatic carbocycles. The second kappa shape index (κ2) is 5.69. The number of benzene rings is 1. The van der Waals surface area contributed by atoms with Gasteiger partial charge in [0.2, 0.25) is 5.91 Å². The molecule has 0 saturated carbocycles. The third kappa shape index (κ3) is 3.70. The van der Waals surface area contributed by atoms with Gasteiger partial charge in [0.25, 0.3) is 0 Å². The van der Waals surface area contributed by atoms with Crippen LogP contribution in [0, 0.1) is 5.41 Å². The summed E-state index contributed by atoms with van der Waals surface area (Å²) in [6.45, 7) is 4.74. The van der Waals surface area contributed by atoms with Gasteiger partial charge in [0.05, 0.1) is 19.8 Å². The van der Waals surface area contributed by atoms with Crippen molar-refractivity contribution in [2.45, 2.75) is 6.92 Å². The van der Waals surface area contributed by atoms with Crippen molar-refractivity contribution in [2.75, 3.05) is 31.6 Å². The molecule has 1 saturated heterocycles. The van der Waals surface area contributed by atoms with Gasteiger partial charge in [0, 0.05) is 22.7 Å². The summed E-state index contributed by atoms with van der Waals surface area (Å²) in [7, 11) is 0. The van der Waals surface area contributed by atoms with Crippen LogP contribution in [0.2, 0.25) is 5.02 Å². The molecule has 98 valence electrons. The predicted molar refractivity (Wildman–Crippen MR) is 71.9 cm³/mol. The molecule has 0 aromatic heterocycles. The molecular formula is C13H17ClN2O2. The number of carbonyl (C=O) groups is 1. The number of anilines is 1. The molecule has 2 rings (SSSR count). The minimum Gasteiger partial charge on any atom is -0.380 e. The van der Waals surface area contributed by atoms with Gasteiger partial charge in [-0.2, -0.15) is 0 Å². The summed E-state index contributed by atoms with van der Waals surface area (Å²) in [5.41, 5.74) is 0.892. The summed E-state index contributed by atoms with van der Waals surface area (Å²) < 4.78 is 5.15. The van der Waals surface area contributed by atoms with Gasteiger partial charge in [-0.25, -0.2) is 0 Å². The molecule has 1 aromatic rings. The Kier molecular flexibility index (Phi) is 4.22. The number of amides is 1. The molecule has 0 bridgehead atoms. The van der Waals surface area contributed by atoms with E-state index >= 15 is 0 Å². The molecule has 2 N–H and O–H groups in total. The summed E-state index contributed by atoms with van der Waals surface area (Å²) in [6.07, 6.45) is 0. The van der Waals surface area contributed by atoms with Crippen molar-refractivity contribution in [3.63, 3.8) is 0 Å². The Hall–Kier alpha value is -1.10. The molecule has 1 amide bonds. The van der Waals surface area contributed by atoms with E-state index in [1.807, 2.05) is 6.07 Å². The highest BCUT2D eigenvalue weighted by Crippen LogP contribution is 2.24. The first-order valence-electron chi connectivity index (χ1n) is 5.91. The van der Waals surface area contributed by atoms with Crippen molar-refractivity contribution in [3.8, 4) is 0 Å². The lowest BCUT2D eigenvalue weighted by molar-refractivity contribution is -0.117. The fourth-order valence-electron chi connectivity index (χ4n) is 1.80. The lowest BCUT2D eigenvalue weighted by Crippen LogP contribution is -2.48. The number of ether oxygens (including phenoxy) is 1. The Morgan fingerprint density at radius 2 is 2.28 bits per heavy atom. The van der Waals surface area contributed by atoms with Crippen LogP contribution in [0.5, 0.6) is 0 Å². The van der Waals surface area contributed by atoms with Crippen LogP contribution in [-0.2, 0) is 9.53 Å². The lowest BCUT2D eigenvalue weighted by Gasteiger charge is -2.38. The quantitative estimate of drug-likeness (QED) is 0.858. The van der Waals surface area contributed by atoms with Crippen LogP contribution in [0.1, 0.15) is 6.92 Å². The lowest BCUT2D eigenvalue weighted by atomic mass is 9.89. The van der Waals surface area contributed by atoms with E-state index in [1.54, 1.807) is 18.2 Å². The van der Waals surface area contributed by atoms with E-state index in [2.05, 4.69) is 17.6 Å². The zero-order chi connectivity index (χ0) is 13.0. The van der Waals surface area contributed by atoms with E-state index in [4.69, 9.17) is 16.3 Å². The van der Waals surface area contributed by atoms with Crippen molar-refractivity contribution in [1.29, 1.82) is 0 Å². The molecule has 1 fully saturated rings. The first kappa shape index (κ1) is 13.3. The fraction of sp³-hybridized carbons (Fsp3) is 0.462. The molecule has 0 aliphatic carbocycles. The topological polar surface area (TPSA) is 50.4 Å². The second-order valence-corrected chi connectivity index (χ2v) is 5.40. The van der Waals surface area contributed by atoms with E-state index in [1.165, 1.54) is 0 Å². The van der Waals surface area contributed by atoms with Gasteiger partial charge in [-0.3, -0.25) is 4.79 Å². The van der Waals surface area contributed by atoms with E-state index in [-0.39, 0.29) is 11.3 Å². The molecule has 0 radical (unpaired) electrons. The van der Waals surface area contributed by atoms with Crippen molar-refractivity contribution >= 4 is 23.2 Å². The third-order valence-electron chi connectivity index (χ3n) is 2.85. The van der Waals surface area contributed by atoms with Gasteiger partial charge in [-0.05, 0) is 18.2 Å². The van der Waals surface area contributed by atoms with Gasteiger partial charge in [-0.1, -0.05) is 24.6 Å². The average Bonchev–Trinajstić information content (AvgIpc) is 2.26. The number of hydrogen-bond donors (Lipinski definition) is 2. The van der Waals surface area contributed by atoms with Gasteiger partial charge in [0.15, 0.2) is 0 Å². The molecule has 0 spiro atoms. The monoisotopic (exact) mass is 268 g/mol. The van der Waals surface area contributed by atoms with Crippen molar-refractivity contribution in [3.05, 3.63) is 29.3 Å². The van der Waals surface area contributed by atoms with Crippen LogP contribution in [0.15, 0.2) is 24.3 Å². The third-order valence-corrected chi connectivity index (χ3v) is 3.08. The predicted octanol–water partition coefficient (Wildman–Crippen LogP) is 1.90. The van der Waals surface area contributed by atoms with Crippen LogP contribution in [-0.4, -0.2) is 32.2 Å². The molecule has 0 unspecified atom stereocenters. The maximum Gasteiger partial charge on any atom is 0.238 e. The fourth-order valence-corrected chi connectivity index (χ4v) is 1.99. The van der Waals surface area contributed by atoms with Crippen LogP contribution < -0.4 is 10.6 Å². The zero-order valence-electron chi connectivity index (χ0n) is 10.3. The molecular weight excluding hydrogens is 252 g/mol. The molecule has 1 aliphatic heterocycles. The summed E-state index contributed by atoms with van der Waals surface area (Å²) in [6, 6.07) is 7.11. The maximum absolute atomic E-state index is 11.7. The Morgan fingerprint density at radius 1 is 1.50 bits per heavy atom. The van der Waals surface area contributed by atoms with E-state index in [9.17, 15) is 4.79 Å². The largest absolute Gasteiger partial charge is 0.380 e. The average molecular weight is 269 g/mol. The molecule has 1 aliphatic rings. The van der Waals surface area contributed by atoms with Gasteiger partial charge < -0.3 is 15.4 Å². The first-order chi connectivity index (χ1) is 8.57. The van der Waals surface area contributed by atoms with Gasteiger partial charge in [-0.15, -0.1) is 0 Å². The Labute approximate surface area is 112 Å². The summed E-state index contributed by atoms with van der Waals surface area (Å²) in [5.74, 6) is -0.0684. The second-order valence-electron chi connectivity index (χ2n) is 4.97. The minimum absolute atomic E-state index is 0.0684.